The van der Waals surface area contributed by atoms with Gasteiger partial charge in [0.15, 0.2) is 0 Å². The molecule has 0 radical (unpaired) electrons. The first-order chi connectivity index (χ1) is 14.0. The number of carbonyl (C=O) groups is 1. The van der Waals surface area contributed by atoms with E-state index in [1.54, 1.807) is 42.5 Å². The number of rotatable bonds is 5. The molecule has 144 valence electrons. The van der Waals surface area contributed by atoms with E-state index in [1.807, 2.05) is 18.2 Å². The highest BCUT2D eigenvalue weighted by Gasteiger charge is 2.11. The minimum atomic E-state index is -0.554. The molecule has 3 aromatic carbocycles. The van der Waals surface area contributed by atoms with Crippen LogP contribution in [0.5, 0.6) is 0 Å². The molecular weight excluding hydrogens is 410 g/mol. The molecule has 6 heteroatoms. The number of nitriles is 1. The van der Waals surface area contributed by atoms with Gasteiger partial charge in [0.25, 0.3) is 5.91 Å². The first-order valence-electron chi connectivity index (χ1n) is 8.67. The number of hydrogen-bond donors (Lipinski definition) is 1. The van der Waals surface area contributed by atoms with Gasteiger partial charge in [0.1, 0.15) is 17.5 Å². The Balaban J connectivity index is 1.73. The molecule has 3 nitrogen and oxygen atoms in total. The zero-order chi connectivity index (χ0) is 20.8. The zero-order valence-corrected chi connectivity index (χ0v) is 16.6. The summed E-state index contributed by atoms with van der Waals surface area (Å²) >= 11 is 11.8. The van der Waals surface area contributed by atoms with Crippen LogP contribution in [0.15, 0.2) is 72.3 Å². The highest BCUT2D eigenvalue weighted by molar-refractivity contribution is 6.42. The summed E-state index contributed by atoms with van der Waals surface area (Å²) in [4.78, 5) is 12.4. The van der Waals surface area contributed by atoms with Crippen molar-refractivity contribution in [3.05, 3.63) is 105 Å². The van der Waals surface area contributed by atoms with E-state index in [0.29, 0.717) is 33.3 Å². The van der Waals surface area contributed by atoms with Gasteiger partial charge >= 0.3 is 0 Å². The summed E-state index contributed by atoms with van der Waals surface area (Å²) in [6, 6.07) is 20.4. The number of carbonyl (C=O) groups excluding carboxylic acids is 1. The molecule has 3 rings (SSSR count). The molecule has 0 bridgehead atoms. The summed E-state index contributed by atoms with van der Waals surface area (Å²) in [7, 11) is 0. The summed E-state index contributed by atoms with van der Waals surface area (Å²) in [5, 5.41) is 12.6. The fourth-order valence-electron chi connectivity index (χ4n) is 2.68. The van der Waals surface area contributed by atoms with E-state index < -0.39 is 5.91 Å². The van der Waals surface area contributed by atoms with Gasteiger partial charge in [-0.1, -0.05) is 65.7 Å². The van der Waals surface area contributed by atoms with E-state index in [2.05, 4.69) is 5.32 Å². The number of benzene rings is 3. The standard InChI is InChI=1S/C23H15Cl2FN2O/c24-20-10-9-19(13-21(20)25)28-23(29)18(14-27)12-16-7-5-15(6-8-16)11-17-3-1-2-4-22(17)26/h1-10,12-13H,11H2,(H,28,29)/b18-12+. The molecule has 0 aliphatic carbocycles. The Labute approximate surface area is 178 Å². The van der Waals surface area contributed by atoms with E-state index in [4.69, 9.17) is 23.2 Å². The van der Waals surface area contributed by atoms with Crippen molar-refractivity contribution in [3.8, 4) is 6.07 Å². The quantitative estimate of drug-likeness (QED) is 0.387. The van der Waals surface area contributed by atoms with Crippen LogP contribution >= 0.6 is 23.2 Å². The molecule has 1 N–H and O–H groups in total. The summed E-state index contributed by atoms with van der Waals surface area (Å²) in [6.45, 7) is 0. The second kappa shape index (κ2) is 9.38. The van der Waals surface area contributed by atoms with Crippen LogP contribution in [0.25, 0.3) is 6.08 Å². The van der Waals surface area contributed by atoms with E-state index in [1.165, 1.54) is 18.2 Å². The maximum Gasteiger partial charge on any atom is 0.266 e. The maximum absolute atomic E-state index is 13.8. The van der Waals surface area contributed by atoms with Gasteiger partial charge in [-0.2, -0.15) is 5.26 Å². The fourth-order valence-corrected chi connectivity index (χ4v) is 2.98. The second-order valence-electron chi connectivity index (χ2n) is 6.26. The largest absolute Gasteiger partial charge is 0.321 e. The Morgan fingerprint density at radius 1 is 1.03 bits per heavy atom. The van der Waals surface area contributed by atoms with Crippen LogP contribution in [-0.4, -0.2) is 5.91 Å². The third kappa shape index (κ3) is 5.45. The van der Waals surface area contributed by atoms with Crippen molar-refractivity contribution in [2.75, 3.05) is 5.32 Å². The normalized spacial score (nSPS) is 11.0. The van der Waals surface area contributed by atoms with Gasteiger partial charge < -0.3 is 5.32 Å². The third-order valence-electron chi connectivity index (χ3n) is 4.19. The van der Waals surface area contributed by atoms with Crippen LogP contribution in [0.3, 0.4) is 0 Å². The third-order valence-corrected chi connectivity index (χ3v) is 4.92. The van der Waals surface area contributed by atoms with Crippen molar-refractivity contribution in [3.63, 3.8) is 0 Å². The van der Waals surface area contributed by atoms with Crippen molar-refractivity contribution in [2.45, 2.75) is 6.42 Å². The van der Waals surface area contributed by atoms with Gasteiger partial charge in [-0.3, -0.25) is 4.79 Å². The highest BCUT2D eigenvalue weighted by atomic mass is 35.5. The molecule has 1 amide bonds. The van der Waals surface area contributed by atoms with Crippen LogP contribution in [0.1, 0.15) is 16.7 Å². The minimum absolute atomic E-state index is 0.0575. The van der Waals surface area contributed by atoms with E-state index in [-0.39, 0.29) is 11.4 Å². The predicted octanol–water partition coefficient (Wildman–Crippen LogP) is 6.27. The van der Waals surface area contributed by atoms with Crippen molar-refractivity contribution >= 4 is 40.9 Å². The minimum Gasteiger partial charge on any atom is -0.321 e. The fraction of sp³-hybridized carbons (Fsp3) is 0.0435. The molecule has 0 fully saturated rings. The molecule has 0 aliphatic heterocycles. The van der Waals surface area contributed by atoms with E-state index >= 15 is 0 Å². The van der Waals surface area contributed by atoms with Crippen molar-refractivity contribution in [2.24, 2.45) is 0 Å². The zero-order valence-electron chi connectivity index (χ0n) is 15.1. The van der Waals surface area contributed by atoms with Crippen LogP contribution in [0, 0.1) is 17.1 Å². The number of hydrogen-bond acceptors (Lipinski definition) is 2. The molecule has 0 spiro atoms. The van der Waals surface area contributed by atoms with Crippen LogP contribution in [0.2, 0.25) is 10.0 Å². The topological polar surface area (TPSA) is 52.9 Å². The Bertz CT molecular complexity index is 1120. The summed E-state index contributed by atoms with van der Waals surface area (Å²) in [6.07, 6.45) is 1.94. The highest BCUT2D eigenvalue weighted by Crippen LogP contribution is 2.25. The van der Waals surface area contributed by atoms with Crippen molar-refractivity contribution in [1.82, 2.24) is 0 Å². The van der Waals surface area contributed by atoms with Gasteiger partial charge in [-0.05, 0) is 47.0 Å². The molecule has 0 saturated carbocycles. The SMILES string of the molecule is N#C/C(=C\c1ccc(Cc2ccccc2F)cc1)C(=O)Nc1ccc(Cl)c(Cl)c1. The Morgan fingerprint density at radius 2 is 1.76 bits per heavy atom. The first kappa shape index (κ1) is 20.6. The van der Waals surface area contributed by atoms with Crippen molar-refractivity contribution < 1.29 is 9.18 Å². The van der Waals surface area contributed by atoms with Crippen LogP contribution in [0.4, 0.5) is 10.1 Å². The number of nitrogens with zero attached hydrogens (tertiary/aromatic N) is 1. The lowest BCUT2D eigenvalue weighted by atomic mass is 10.0. The number of halogens is 3. The molecule has 0 unspecified atom stereocenters. The molecule has 0 heterocycles. The smallest absolute Gasteiger partial charge is 0.266 e. The summed E-state index contributed by atoms with van der Waals surface area (Å²) in [5.74, 6) is -0.802. The second-order valence-corrected chi connectivity index (χ2v) is 7.08. The van der Waals surface area contributed by atoms with Gasteiger partial charge in [-0.15, -0.1) is 0 Å². The molecular formula is C23H15Cl2FN2O. The van der Waals surface area contributed by atoms with Crippen LogP contribution < -0.4 is 5.32 Å². The molecule has 29 heavy (non-hydrogen) atoms. The average Bonchev–Trinajstić information content (AvgIpc) is 2.71. The number of nitrogens with one attached hydrogen (secondary N) is 1. The van der Waals surface area contributed by atoms with Crippen molar-refractivity contribution in [1.29, 1.82) is 5.26 Å². The lowest BCUT2D eigenvalue weighted by molar-refractivity contribution is -0.112. The van der Waals surface area contributed by atoms with Gasteiger partial charge in [0.2, 0.25) is 0 Å². The van der Waals surface area contributed by atoms with E-state index in [9.17, 15) is 14.4 Å². The Morgan fingerprint density at radius 3 is 2.41 bits per heavy atom. The average molecular weight is 425 g/mol. The lowest BCUT2D eigenvalue weighted by Crippen LogP contribution is -2.13. The Kier molecular flexibility index (Phi) is 6.66. The maximum atomic E-state index is 13.8. The summed E-state index contributed by atoms with van der Waals surface area (Å²) in [5.41, 5.74) is 2.59. The lowest BCUT2D eigenvalue weighted by Gasteiger charge is -2.06. The number of anilines is 1. The van der Waals surface area contributed by atoms with E-state index in [0.717, 1.165) is 5.56 Å². The Hall–Kier alpha value is -3.13. The molecule has 3 aromatic rings. The predicted molar refractivity (Wildman–Crippen MR) is 114 cm³/mol. The molecule has 0 saturated heterocycles. The van der Waals surface area contributed by atoms with Gasteiger partial charge in [-0.25, -0.2) is 4.39 Å². The van der Waals surface area contributed by atoms with Crippen LogP contribution in [-0.2, 0) is 11.2 Å². The molecule has 0 aliphatic rings. The molecule has 0 aromatic heterocycles. The van der Waals surface area contributed by atoms with Gasteiger partial charge in [0.05, 0.1) is 10.0 Å². The summed E-state index contributed by atoms with van der Waals surface area (Å²) < 4.78 is 13.8. The monoisotopic (exact) mass is 424 g/mol. The number of amides is 1. The first-order valence-corrected chi connectivity index (χ1v) is 9.42. The molecule has 0 atom stereocenters. The van der Waals surface area contributed by atoms with Gasteiger partial charge in [0, 0.05) is 12.1 Å².